The molecule has 1 aromatic rings. The van der Waals surface area contributed by atoms with Crippen LogP contribution in [0.1, 0.15) is 62.3 Å². The van der Waals surface area contributed by atoms with Crippen LogP contribution in [0.4, 0.5) is 0 Å². The normalized spacial score (nSPS) is 36.3. The van der Waals surface area contributed by atoms with Crippen LogP contribution in [-0.4, -0.2) is 53.5 Å². The lowest BCUT2D eigenvalue weighted by molar-refractivity contribution is -0.0428. The topological polar surface area (TPSA) is 60.6 Å². The molecule has 0 N–H and O–H groups in total. The summed E-state index contributed by atoms with van der Waals surface area (Å²) >= 11 is 0. The molecule has 4 fully saturated rings. The average Bonchev–Trinajstić information content (AvgIpc) is 3.18. The van der Waals surface area contributed by atoms with Gasteiger partial charge in [-0.25, -0.2) is 0 Å². The van der Waals surface area contributed by atoms with E-state index in [2.05, 4.69) is 15.1 Å². The molecule has 3 aliphatic heterocycles. The summed E-state index contributed by atoms with van der Waals surface area (Å²) in [7, 11) is 0. The highest BCUT2D eigenvalue weighted by molar-refractivity contribution is 5.03. The number of piperidine rings is 1. The molecule has 0 spiro atoms. The largest absolute Gasteiger partial charge is 0.422 e. The molecule has 1 aliphatic carbocycles. The molecule has 0 unspecified atom stereocenters. The number of hydrogen-bond donors (Lipinski definition) is 0. The molecule has 3 saturated heterocycles. The standard InChI is InChI=1S/C17H25N3O3/c1-2-11(1)16-18-19-17(23-16)14-9-12-3-6-20(10-15(12)22-14)13-4-7-21-8-5-13/h11-15H,1-10H2/t12-,14+,15+/m0/s1. The van der Waals surface area contributed by atoms with Crippen molar-refractivity contribution in [2.45, 2.75) is 62.7 Å². The third-order valence-corrected chi connectivity index (χ3v) is 5.95. The first kappa shape index (κ1) is 14.4. The van der Waals surface area contributed by atoms with Gasteiger partial charge in [-0.3, -0.25) is 4.90 Å². The van der Waals surface area contributed by atoms with Gasteiger partial charge in [0.1, 0.15) is 6.10 Å². The number of likely N-dealkylation sites (tertiary alicyclic amines) is 1. The van der Waals surface area contributed by atoms with Crippen LogP contribution in [0.2, 0.25) is 0 Å². The van der Waals surface area contributed by atoms with Crippen LogP contribution in [0, 0.1) is 5.92 Å². The average molecular weight is 319 g/mol. The fourth-order valence-electron chi connectivity index (χ4n) is 4.37. The SMILES string of the molecule is C1CC(N2CC[C@H]3C[C@H](c4nnc(C5CC5)o4)O[C@@H]3C2)CCO1. The monoisotopic (exact) mass is 319 g/mol. The van der Waals surface area contributed by atoms with Crippen molar-refractivity contribution in [3.05, 3.63) is 11.8 Å². The highest BCUT2D eigenvalue weighted by Gasteiger charge is 2.43. The first-order chi connectivity index (χ1) is 11.4. The smallest absolute Gasteiger partial charge is 0.245 e. The molecular weight excluding hydrogens is 294 g/mol. The fourth-order valence-corrected chi connectivity index (χ4v) is 4.37. The Bertz CT molecular complexity index is 553. The van der Waals surface area contributed by atoms with Crippen molar-refractivity contribution >= 4 is 0 Å². The van der Waals surface area contributed by atoms with Crippen molar-refractivity contribution in [2.24, 2.45) is 5.92 Å². The fraction of sp³-hybridized carbons (Fsp3) is 0.882. The molecule has 126 valence electrons. The van der Waals surface area contributed by atoms with Crippen LogP contribution in [0.25, 0.3) is 0 Å². The summed E-state index contributed by atoms with van der Waals surface area (Å²) in [4.78, 5) is 2.62. The van der Waals surface area contributed by atoms with Crippen molar-refractivity contribution in [3.63, 3.8) is 0 Å². The second kappa shape index (κ2) is 5.83. The summed E-state index contributed by atoms with van der Waals surface area (Å²) in [5, 5.41) is 8.46. The number of fused-ring (bicyclic) bond motifs is 1. The number of aromatic nitrogens is 2. The van der Waals surface area contributed by atoms with Gasteiger partial charge in [0, 0.05) is 31.7 Å². The second-order valence-electron chi connectivity index (χ2n) is 7.54. The first-order valence-electron chi connectivity index (χ1n) is 9.17. The number of ether oxygens (including phenoxy) is 2. The van der Waals surface area contributed by atoms with Crippen molar-refractivity contribution in [1.82, 2.24) is 15.1 Å². The molecule has 4 heterocycles. The van der Waals surface area contributed by atoms with Crippen molar-refractivity contribution < 1.29 is 13.9 Å². The van der Waals surface area contributed by atoms with Crippen LogP contribution < -0.4 is 0 Å². The Hall–Kier alpha value is -0.980. The zero-order valence-corrected chi connectivity index (χ0v) is 13.5. The zero-order chi connectivity index (χ0) is 15.2. The third-order valence-electron chi connectivity index (χ3n) is 5.95. The van der Waals surface area contributed by atoms with E-state index in [0.717, 1.165) is 44.9 Å². The van der Waals surface area contributed by atoms with Gasteiger partial charge < -0.3 is 13.9 Å². The molecule has 5 rings (SSSR count). The maximum absolute atomic E-state index is 6.32. The van der Waals surface area contributed by atoms with Crippen molar-refractivity contribution in [2.75, 3.05) is 26.3 Å². The molecule has 1 saturated carbocycles. The predicted octanol–water partition coefficient (Wildman–Crippen LogP) is 2.28. The minimum absolute atomic E-state index is 0.0136. The quantitative estimate of drug-likeness (QED) is 0.852. The lowest BCUT2D eigenvalue weighted by atomic mass is 9.90. The van der Waals surface area contributed by atoms with Crippen molar-refractivity contribution in [3.8, 4) is 0 Å². The molecule has 0 aromatic carbocycles. The molecule has 0 amide bonds. The maximum atomic E-state index is 6.32. The van der Waals surface area contributed by atoms with E-state index in [4.69, 9.17) is 13.9 Å². The Morgan fingerprint density at radius 2 is 1.78 bits per heavy atom. The molecule has 3 atom stereocenters. The Morgan fingerprint density at radius 3 is 2.61 bits per heavy atom. The van der Waals surface area contributed by atoms with Gasteiger partial charge in [0.2, 0.25) is 11.8 Å². The van der Waals surface area contributed by atoms with Gasteiger partial charge in [0.05, 0.1) is 6.10 Å². The minimum Gasteiger partial charge on any atom is -0.422 e. The molecule has 23 heavy (non-hydrogen) atoms. The molecule has 0 radical (unpaired) electrons. The van der Waals surface area contributed by atoms with E-state index < -0.39 is 0 Å². The van der Waals surface area contributed by atoms with Crippen LogP contribution in [0.15, 0.2) is 4.42 Å². The summed E-state index contributed by atoms with van der Waals surface area (Å²) in [5.41, 5.74) is 0. The minimum atomic E-state index is 0.0136. The molecule has 4 aliphatic rings. The molecule has 0 bridgehead atoms. The van der Waals surface area contributed by atoms with E-state index in [0.29, 0.717) is 29.9 Å². The Morgan fingerprint density at radius 1 is 0.957 bits per heavy atom. The molecule has 1 aromatic heterocycles. The van der Waals surface area contributed by atoms with Crippen LogP contribution >= 0.6 is 0 Å². The summed E-state index contributed by atoms with van der Waals surface area (Å²) in [6.45, 7) is 4.06. The number of rotatable bonds is 3. The van der Waals surface area contributed by atoms with Crippen molar-refractivity contribution in [1.29, 1.82) is 0 Å². The number of nitrogens with zero attached hydrogens (tertiary/aromatic N) is 3. The van der Waals surface area contributed by atoms with Gasteiger partial charge in [0.25, 0.3) is 0 Å². The Kier molecular flexibility index (Phi) is 3.64. The van der Waals surface area contributed by atoms with Gasteiger partial charge in [-0.05, 0) is 51.0 Å². The van der Waals surface area contributed by atoms with E-state index in [1.165, 1.54) is 25.8 Å². The highest BCUT2D eigenvalue weighted by atomic mass is 16.5. The van der Waals surface area contributed by atoms with E-state index in [-0.39, 0.29) is 6.10 Å². The van der Waals surface area contributed by atoms with Crippen LogP contribution in [0.5, 0.6) is 0 Å². The predicted molar refractivity (Wildman–Crippen MR) is 82.0 cm³/mol. The summed E-state index contributed by atoms with van der Waals surface area (Å²) in [5.74, 6) is 2.69. The van der Waals surface area contributed by atoms with Gasteiger partial charge in [-0.15, -0.1) is 10.2 Å². The van der Waals surface area contributed by atoms with Gasteiger partial charge in [0.15, 0.2) is 0 Å². The maximum Gasteiger partial charge on any atom is 0.245 e. The summed E-state index contributed by atoms with van der Waals surface area (Å²) in [6.07, 6.45) is 7.31. The summed E-state index contributed by atoms with van der Waals surface area (Å²) in [6, 6.07) is 0.678. The van der Waals surface area contributed by atoms with Gasteiger partial charge in [-0.1, -0.05) is 0 Å². The van der Waals surface area contributed by atoms with Crippen LogP contribution in [0.3, 0.4) is 0 Å². The van der Waals surface area contributed by atoms with E-state index in [1.807, 2.05) is 0 Å². The Labute approximate surface area is 136 Å². The van der Waals surface area contributed by atoms with E-state index >= 15 is 0 Å². The first-order valence-corrected chi connectivity index (χ1v) is 9.17. The van der Waals surface area contributed by atoms with Gasteiger partial charge in [-0.2, -0.15) is 0 Å². The summed E-state index contributed by atoms with van der Waals surface area (Å²) < 4.78 is 17.7. The second-order valence-corrected chi connectivity index (χ2v) is 7.54. The van der Waals surface area contributed by atoms with Gasteiger partial charge >= 0.3 is 0 Å². The number of hydrogen-bond acceptors (Lipinski definition) is 6. The molecular formula is C17H25N3O3. The third kappa shape index (κ3) is 2.81. The molecule has 6 nitrogen and oxygen atoms in total. The van der Waals surface area contributed by atoms with Crippen LogP contribution in [-0.2, 0) is 9.47 Å². The highest BCUT2D eigenvalue weighted by Crippen LogP contribution is 2.43. The van der Waals surface area contributed by atoms with E-state index in [1.54, 1.807) is 0 Å². The lowest BCUT2D eigenvalue weighted by Crippen LogP contribution is -2.49. The zero-order valence-electron chi connectivity index (χ0n) is 13.5. The lowest BCUT2D eigenvalue weighted by Gasteiger charge is -2.40. The van der Waals surface area contributed by atoms with E-state index in [9.17, 15) is 0 Å². The Balaban J connectivity index is 1.23. The molecule has 6 heteroatoms.